The van der Waals surface area contributed by atoms with Crippen molar-refractivity contribution in [2.24, 2.45) is 0 Å². The minimum Gasteiger partial charge on any atom is -0.316 e. The minimum absolute atomic E-state index is 0. The minimum atomic E-state index is 0. The Labute approximate surface area is 134 Å². The summed E-state index contributed by atoms with van der Waals surface area (Å²) in [4.78, 5) is 2.61. The van der Waals surface area contributed by atoms with Crippen LogP contribution in [0.1, 0.15) is 72.1 Å². The Morgan fingerprint density at radius 3 is 1.74 bits per heavy atom. The summed E-state index contributed by atoms with van der Waals surface area (Å²) in [6.45, 7) is 14.2. The second-order valence-corrected chi connectivity index (χ2v) is 5.45. The molecule has 0 aliphatic carbocycles. The van der Waals surface area contributed by atoms with Crippen LogP contribution in [-0.2, 0) is 0 Å². The quantitative estimate of drug-likeness (QED) is 0.295. The Morgan fingerprint density at radius 2 is 1.37 bits per heavy atom. The van der Waals surface area contributed by atoms with E-state index in [4.69, 9.17) is 0 Å². The molecule has 0 atom stereocenters. The molecular weight excluding hydrogens is 225 g/mol. The molecule has 0 aromatic rings. The van der Waals surface area contributed by atoms with Crippen LogP contribution >= 0.6 is 0 Å². The molecule has 108 valence electrons. The third kappa shape index (κ3) is 14.4. The van der Waals surface area contributed by atoms with E-state index in [1.807, 2.05) is 6.08 Å². The first kappa shape index (κ1) is 21.5. The molecule has 0 saturated carbocycles. The van der Waals surface area contributed by atoms with Crippen LogP contribution in [0.5, 0.6) is 0 Å². The van der Waals surface area contributed by atoms with E-state index < -0.39 is 0 Å². The molecule has 0 fully saturated rings. The second-order valence-electron chi connectivity index (χ2n) is 5.45. The summed E-state index contributed by atoms with van der Waals surface area (Å²) in [6, 6.07) is 0. The molecule has 0 heterocycles. The van der Waals surface area contributed by atoms with Crippen LogP contribution in [0.2, 0.25) is 0 Å². The molecule has 0 N–H and O–H groups in total. The summed E-state index contributed by atoms with van der Waals surface area (Å²) in [5.41, 5.74) is 1.40. The van der Waals surface area contributed by atoms with Gasteiger partial charge in [0.25, 0.3) is 0 Å². The standard InChI is InChI=1S/C17H34N.Li/c1-5-8-10-12-14-18(16-17(4)7-3)15-13-11-9-6-2;/h7H,3,5-6,8-16H2,1-2,4H3;/q-1;+1. The summed E-state index contributed by atoms with van der Waals surface area (Å²) in [7, 11) is 0. The fourth-order valence-corrected chi connectivity index (χ4v) is 2.21. The van der Waals surface area contributed by atoms with Gasteiger partial charge in [-0.1, -0.05) is 52.4 Å². The molecule has 0 rings (SSSR count). The molecule has 0 radical (unpaired) electrons. The fourth-order valence-electron chi connectivity index (χ4n) is 2.21. The maximum absolute atomic E-state index is 3.87. The molecular formula is C17H34LiN. The van der Waals surface area contributed by atoms with Crippen molar-refractivity contribution in [3.8, 4) is 0 Å². The van der Waals surface area contributed by atoms with Gasteiger partial charge >= 0.3 is 18.9 Å². The smallest absolute Gasteiger partial charge is 0.316 e. The Morgan fingerprint density at radius 1 is 0.895 bits per heavy atom. The van der Waals surface area contributed by atoms with Crippen LogP contribution in [0.3, 0.4) is 0 Å². The molecule has 0 unspecified atom stereocenters. The molecule has 0 amide bonds. The number of hydrogen-bond donors (Lipinski definition) is 0. The Bertz CT molecular complexity index is 189. The number of hydrogen-bond acceptors (Lipinski definition) is 1. The zero-order chi connectivity index (χ0) is 13.6. The van der Waals surface area contributed by atoms with Crippen molar-refractivity contribution in [3.63, 3.8) is 0 Å². The van der Waals surface area contributed by atoms with Crippen LogP contribution in [-0.4, -0.2) is 24.5 Å². The summed E-state index contributed by atoms with van der Waals surface area (Å²) in [5.74, 6) is 0. The van der Waals surface area contributed by atoms with Gasteiger partial charge in [-0.3, -0.25) is 0 Å². The van der Waals surface area contributed by atoms with E-state index in [0.717, 1.165) is 6.54 Å². The van der Waals surface area contributed by atoms with Gasteiger partial charge in [0.05, 0.1) is 0 Å². The van der Waals surface area contributed by atoms with E-state index in [0.29, 0.717) is 0 Å². The van der Waals surface area contributed by atoms with Gasteiger partial charge < -0.3 is 4.90 Å². The zero-order valence-corrected chi connectivity index (χ0v) is 14.0. The normalized spacial score (nSPS) is 11.7. The largest absolute Gasteiger partial charge is 1.00 e. The predicted octanol–water partition coefficient (Wildman–Crippen LogP) is 2.23. The van der Waals surface area contributed by atoms with Gasteiger partial charge in [-0.05, 0) is 32.5 Å². The molecule has 0 aliphatic rings. The summed E-state index contributed by atoms with van der Waals surface area (Å²) < 4.78 is 0. The van der Waals surface area contributed by atoms with Crippen LogP contribution < -0.4 is 18.9 Å². The summed E-state index contributed by atoms with van der Waals surface area (Å²) in [6.07, 6.45) is 12.9. The Balaban J connectivity index is 0. The van der Waals surface area contributed by atoms with Crippen LogP contribution in [0.25, 0.3) is 0 Å². The van der Waals surface area contributed by atoms with Crippen LogP contribution in [0.15, 0.2) is 11.6 Å². The number of nitrogens with zero attached hydrogens (tertiary/aromatic N) is 1. The summed E-state index contributed by atoms with van der Waals surface area (Å²) in [5, 5.41) is 0. The molecule has 19 heavy (non-hydrogen) atoms. The van der Waals surface area contributed by atoms with Crippen molar-refractivity contribution in [1.29, 1.82) is 0 Å². The molecule has 0 spiro atoms. The van der Waals surface area contributed by atoms with E-state index in [2.05, 4.69) is 32.6 Å². The average Bonchev–Trinajstić information content (AvgIpc) is 2.39. The van der Waals surface area contributed by atoms with Gasteiger partial charge in [-0.15, -0.1) is 6.92 Å². The molecule has 0 aromatic heterocycles. The maximum Gasteiger partial charge on any atom is 1.00 e. The SMILES string of the molecule is [CH2-]C=C(C)CN(CCCCCC)CCCCCC.[Li+]. The van der Waals surface area contributed by atoms with Gasteiger partial charge in [0.1, 0.15) is 0 Å². The van der Waals surface area contributed by atoms with Crippen molar-refractivity contribution >= 4 is 0 Å². The third-order valence-corrected chi connectivity index (χ3v) is 3.48. The van der Waals surface area contributed by atoms with Gasteiger partial charge in [0.15, 0.2) is 0 Å². The van der Waals surface area contributed by atoms with E-state index in [-0.39, 0.29) is 18.9 Å². The summed E-state index contributed by atoms with van der Waals surface area (Å²) >= 11 is 0. The van der Waals surface area contributed by atoms with Crippen molar-refractivity contribution in [2.75, 3.05) is 19.6 Å². The first-order valence-electron chi connectivity index (χ1n) is 7.91. The number of allylic oxidation sites excluding steroid dienone is 1. The van der Waals surface area contributed by atoms with Gasteiger partial charge in [-0.2, -0.15) is 0 Å². The first-order chi connectivity index (χ1) is 8.74. The van der Waals surface area contributed by atoms with E-state index in [1.54, 1.807) is 0 Å². The van der Waals surface area contributed by atoms with Gasteiger partial charge in [0, 0.05) is 0 Å². The predicted molar refractivity (Wildman–Crippen MR) is 83.8 cm³/mol. The number of unbranched alkanes of at least 4 members (excludes halogenated alkanes) is 6. The first-order valence-corrected chi connectivity index (χ1v) is 7.91. The molecule has 0 aliphatic heterocycles. The molecule has 0 aromatic carbocycles. The Kier molecular flexibility index (Phi) is 18.3. The molecule has 1 nitrogen and oxygen atoms in total. The second kappa shape index (κ2) is 16.2. The molecule has 0 saturated heterocycles. The Hall–Kier alpha value is 0.167. The maximum atomic E-state index is 3.87. The molecule has 0 bridgehead atoms. The van der Waals surface area contributed by atoms with Crippen LogP contribution in [0, 0.1) is 6.92 Å². The van der Waals surface area contributed by atoms with Crippen molar-refractivity contribution in [1.82, 2.24) is 4.90 Å². The van der Waals surface area contributed by atoms with Gasteiger partial charge in [-0.25, -0.2) is 18.6 Å². The zero-order valence-electron chi connectivity index (χ0n) is 14.0. The average molecular weight is 259 g/mol. The van der Waals surface area contributed by atoms with Crippen molar-refractivity contribution in [2.45, 2.75) is 72.1 Å². The monoisotopic (exact) mass is 259 g/mol. The van der Waals surface area contributed by atoms with Gasteiger partial charge in [0.2, 0.25) is 0 Å². The van der Waals surface area contributed by atoms with E-state index in [1.165, 1.54) is 70.0 Å². The van der Waals surface area contributed by atoms with Crippen LogP contribution in [0.4, 0.5) is 0 Å². The van der Waals surface area contributed by atoms with Crippen molar-refractivity contribution < 1.29 is 18.9 Å². The van der Waals surface area contributed by atoms with E-state index in [9.17, 15) is 0 Å². The number of rotatable bonds is 12. The molecule has 2 heteroatoms. The van der Waals surface area contributed by atoms with Crippen molar-refractivity contribution in [3.05, 3.63) is 18.6 Å². The topological polar surface area (TPSA) is 3.24 Å². The third-order valence-electron chi connectivity index (χ3n) is 3.48. The van der Waals surface area contributed by atoms with E-state index >= 15 is 0 Å². The fraction of sp³-hybridized carbons (Fsp3) is 0.824.